The van der Waals surface area contributed by atoms with Crippen LogP contribution in [-0.2, 0) is 9.53 Å². The van der Waals surface area contributed by atoms with Crippen LogP contribution < -0.4 is 4.74 Å². The fraction of sp³-hybridized carbons (Fsp3) is 0.533. The Bertz CT molecular complexity index is 468. The number of ether oxygens (including phenoxy) is 2. The zero-order valence-electron chi connectivity index (χ0n) is 10.7. The molecule has 0 amide bonds. The largest absolute Gasteiger partial charge is 0.490 e. The molecule has 2 aliphatic heterocycles. The number of aldehydes is 1. The quantitative estimate of drug-likeness (QED) is 0.783. The number of rotatable bonds is 2. The molecule has 0 aliphatic carbocycles. The number of benzene rings is 1. The number of hydrogen-bond acceptors (Lipinski definition) is 3. The van der Waals surface area contributed by atoms with Crippen molar-refractivity contribution in [3.63, 3.8) is 0 Å². The van der Waals surface area contributed by atoms with Gasteiger partial charge in [0.05, 0.1) is 0 Å². The topological polar surface area (TPSA) is 35.5 Å². The van der Waals surface area contributed by atoms with Gasteiger partial charge < -0.3 is 14.3 Å². The minimum Gasteiger partial charge on any atom is -0.490 e. The summed E-state index contributed by atoms with van der Waals surface area (Å²) in [6.07, 6.45) is 4.05. The molecular weight excluding hydrogens is 308 g/mol. The van der Waals surface area contributed by atoms with Crippen LogP contribution in [0.3, 0.4) is 0 Å². The van der Waals surface area contributed by atoms with Crippen LogP contribution in [0.4, 0.5) is 0 Å². The fourth-order valence-electron chi connectivity index (χ4n) is 3.01. The van der Waals surface area contributed by atoms with Crippen molar-refractivity contribution >= 4 is 22.2 Å². The average molecular weight is 325 g/mol. The van der Waals surface area contributed by atoms with Gasteiger partial charge in [-0.15, -0.1) is 0 Å². The van der Waals surface area contributed by atoms with Crippen molar-refractivity contribution in [1.82, 2.24) is 0 Å². The van der Waals surface area contributed by atoms with E-state index in [0.29, 0.717) is 5.92 Å². The summed E-state index contributed by atoms with van der Waals surface area (Å²) in [5.41, 5.74) is 1.01. The third kappa shape index (κ3) is 2.70. The molecule has 2 atom stereocenters. The molecule has 0 radical (unpaired) electrons. The number of halogens is 1. The van der Waals surface area contributed by atoms with Crippen LogP contribution in [0.25, 0.3) is 0 Å². The SMILES string of the molecule is O=CC1CC(C2CCOCC2)Oc2ccc(Br)cc21. The van der Waals surface area contributed by atoms with E-state index in [0.717, 1.165) is 54.5 Å². The maximum Gasteiger partial charge on any atom is 0.127 e. The lowest BCUT2D eigenvalue weighted by atomic mass is 9.83. The third-order valence-electron chi connectivity index (χ3n) is 4.09. The zero-order valence-corrected chi connectivity index (χ0v) is 12.3. The smallest absolute Gasteiger partial charge is 0.127 e. The molecule has 2 aliphatic rings. The predicted molar refractivity (Wildman–Crippen MR) is 75.5 cm³/mol. The molecule has 4 heteroatoms. The summed E-state index contributed by atoms with van der Waals surface area (Å²) >= 11 is 3.45. The maximum atomic E-state index is 11.4. The molecule has 1 fully saturated rings. The van der Waals surface area contributed by atoms with E-state index in [-0.39, 0.29) is 12.0 Å². The lowest BCUT2D eigenvalue weighted by Crippen LogP contribution is -2.36. The van der Waals surface area contributed by atoms with Crippen LogP contribution in [0, 0.1) is 5.92 Å². The van der Waals surface area contributed by atoms with E-state index in [1.165, 1.54) is 0 Å². The summed E-state index contributed by atoms with van der Waals surface area (Å²) < 4.78 is 12.5. The van der Waals surface area contributed by atoms with E-state index in [2.05, 4.69) is 15.9 Å². The first kappa shape index (κ1) is 13.1. The highest BCUT2D eigenvalue weighted by atomic mass is 79.9. The van der Waals surface area contributed by atoms with Crippen LogP contribution in [0.2, 0.25) is 0 Å². The summed E-state index contributed by atoms with van der Waals surface area (Å²) in [5, 5.41) is 0. The minimum absolute atomic E-state index is 0.0471. The van der Waals surface area contributed by atoms with Gasteiger partial charge in [-0.2, -0.15) is 0 Å². The average Bonchev–Trinajstić information content (AvgIpc) is 2.47. The first-order chi connectivity index (χ1) is 9.28. The Morgan fingerprint density at radius 2 is 2.05 bits per heavy atom. The highest BCUT2D eigenvalue weighted by Gasteiger charge is 2.34. The molecular formula is C15H17BrO3. The summed E-state index contributed by atoms with van der Waals surface area (Å²) in [6, 6.07) is 5.92. The molecule has 0 spiro atoms. The van der Waals surface area contributed by atoms with Gasteiger partial charge in [0, 0.05) is 35.1 Å². The van der Waals surface area contributed by atoms with Crippen molar-refractivity contribution in [2.75, 3.05) is 13.2 Å². The molecule has 0 saturated carbocycles. The first-order valence-electron chi connectivity index (χ1n) is 6.77. The molecule has 1 aromatic rings. The lowest BCUT2D eigenvalue weighted by Gasteiger charge is -2.36. The normalized spacial score (nSPS) is 27.4. The van der Waals surface area contributed by atoms with Crippen molar-refractivity contribution in [2.45, 2.75) is 31.3 Å². The molecule has 1 saturated heterocycles. The molecule has 0 bridgehead atoms. The molecule has 3 nitrogen and oxygen atoms in total. The highest BCUT2D eigenvalue weighted by Crippen LogP contribution is 2.40. The second-order valence-corrected chi connectivity index (χ2v) is 6.18. The van der Waals surface area contributed by atoms with E-state index < -0.39 is 0 Å². The molecule has 1 aromatic carbocycles. The van der Waals surface area contributed by atoms with Gasteiger partial charge in [0.2, 0.25) is 0 Å². The predicted octanol–water partition coefficient (Wildman–Crippen LogP) is 3.31. The highest BCUT2D eigenvalue weighted by molar-refractivity contribution is 9.10. The fourth-order valence-corrected chi connectivity index (χ4v) is 3.39. The second-order valence-electron chi connectivity index (χ2n) is 5.27. The molecule has 102 valence electrons. The van der Waals surface area contributed by atoms with Crippen LogP contribution >= 0.6 is 15.9 Å². The van der Waals surface area contributed by atoms with Crippen molar-refractivity contribution < 1.29 is 14.3 Å². The summed E-state index contributed by atoms with van der Waals surface area (Å²) in [5.74, 6) is 1.32. The van der Waals surface area contributed by atoms with E-state index in [1.54, 1.807) is 0 Å². The zero-order chi connectivity index (χ0) is 13.2. The van der Waals surface area contributed by atoms with Crippen LogP contribution in [0.1, 0.15) is 30.7 Å². The van der Waals surface area contributed by atoms with Gasteiger partial charge in [0.25, 0.3) is 0 Å². The van der Waals surface area contributed by atoms with Crippen LogP contribution in [-0.4, -0.2) is 25.6 Å². The van der Waals surface area contributed by atoms with Crippen molar-refractivity contribution in [2.24, 2.45) is 5.92 Å². The van der Waals surface area contributed by atoms with Crippen LogP contribution in [0.15, 0.2) is 22.7 Å². The molecule has 19 heavy (non-hydrogen) atoms. The Kier molecular flexibility index (Phi) is 3.89. The van der Waals surface area contributed by atoms with Gasteiger partial charge in [-0.25, -0.2) is 0 Å². The minimum atomic E-state index is -0.0471. The maximum absolute atomic E-state index is 11.4. The van der Waals surface area contributed by atoms with Crippen molar-refractivity contribution in [3.05, 3.63) is 28.2 Å². The van der Waals surface area contributed by atoms with Gasteiger partial charge in [-0.3, -0.25) is 0 Å². The summed E-state index contributed by atoms with van der Waals surface area (Å²) in [4.78, 5) is 11.4. The Morgan fingerprint density at radius 3 is 2.79 bits per heavy atom. The van der Waals surface area contributed by atoms with Crippen LogP contribution in [0.5, 0.6) is 5.75 Å². The first-order valence-corrected chi connectivity index (χ1v) is 7.56. The summed E-state index contributed by atoms with van der Waals surface area (Å²) in [6.45, 7) is 1.62. The van der Waals surface area contributed by atoms with Crippen molar-refractivity contribution in [3.8, 4) is 5.75 Å². The summed E-state index contributed by atoms with van der Waals surface area (Å²) in [7, 11) is 0. The van der Waals surface area contributed by atoms with E-state index in [9.17, 15) is 4.79 Å². The Morgan fingerprint density at radius 1 is 1.26 bits per heavy atom. The number of fused-ring (bicyclic) bond motifs is 1. The molecule has 3 rings (SSSR count). The number of carbonyl (C=O) groups excluding carboxylic acids is 1. The van der Waals surface area contributed by atoms with E-state index in [1.807, 2.05) is 18.2 Å². The van der Waals surface area contributed by atoms with Crippen molar-refractivity contribution in [1.29, 1.82) is 0 Å². The van der Waals surface area contributed by atoms with Gasteiger partial charge in [-0.05, 0) is 37.5 Å². The Balaban J connectivity index is 1.84. The standard InChI is InChI=1S/C15H17BrO3/c16-12-1-2-14-13(8-12)11(9-17)7-15(19-14)10-3-5-18-6-4-10/h1-2,8-11,15H,3-7H2. The molecule has 2 heterocycles. The molecule has 0 N–H and O–H groups in total. The lowest BCUT2D eigenvalue weighted by molar-refractivity contribution is -0.110. The second kappa shape index (κ2) is 5.63. The van der Waals surface area contributed by atoms with E-state index in [4.69, 9.17) is 9.47 Å². The van der Waals surface area contributed by atoms with Gasteiger partial charge in [0.15, 0.2) is 0 Å². The number of carbonyl (C=O) groups is 1. The number of hydrogen-bond donors (Lipinski definition) is 0. The Hall–Kier alpha value is -0.870. The van der Waals surface area contributed by atoms with Gasteiger partial charge in [-0.1, -0.05) is 15.9 Å². The molecule has 2 unspecified atom stereocenters. The monoisotopic (exact) mass is 324 g/mol. The Labute approximate surface area is 121 Å². The molecule has 0 aromatic heterocycles. The van der Waals surface area contributed by atoms with E-state index >= 15 is 0 Å². The van der Waals surface area contributed by atoms with Gasteiger partial charge in [0.1, 0.15) is 18.1 Å². The third-order valence-corrected chi connectivity index (χ3v) is 4.59. The van der Waals surface area contributed by atoms with Gasteiger partial charge >= 0.3 is 0 Å².